The van der Waals surface area contributed by atoms with Gasteiger partial charge in [-0.25, -0.2) is 4.79 Å². The molecule has 0 saturated carbocycles. The second kappa shape index (κ2) is 19.6. The molecule has 168 valence electrons. The summed E-state index contributed by atoms with van der Waals surface area (Å²) in [5, 5.41) is 3.29. The minimum absolute atomic E-state index is 0.0615. The molecule has 0 heterocycles. The molecule has 28 heavy (non-hydrogen) atoms. The van der Waals surface area contributed by atoms with Gasteiger partial charge in [-0.15, -0.1) is 0 Å². The predicted octanol–water partition coefficient (Wildman–Crippen LogP) is 8.55. The van der Waals surface area contributed by atoms with Crippen molar-refractivity contribution < 1.29 is 9.53 Å². The molecule has 0 aliphatic carbocycles. The molecule has 0 aromatic rings. The number of carbonyl (C=O) groups excluding carboxylic acids is 1. The minimum atomic E-state index is -0.221. The second-order valence-electron chi connectivity index (χ2n) is 8.62. The highest BCUT2D eigenvalue weighted by atomic mass is 16.5. The van der Waals surface area contributed by atoms with E-state index < -0.39 is 0 Å². The van der Waals surface area contributed by atoms with Crippen LogP contribution in [0.15, 0.2) is 0 Å². The first-order chi connectivity index (χ1) is 13.6. The Balaban J connectivity index is 4.45. The predicted molar refractivity (Wildman–Crippen MR) is 123 cm³/mol. The molecule has 1 atom stereocenters. The summed E-state index contributed by atoms with van der Waals surface area (Å²) in [7, 11) is 0. The number of ether oxygens (including phenoxy) is 1. The van der Waals surface area contributed by atoms with Crippen molar-refractivity contribution in [3.05, 3.63) is 0 Å². The van der Waals surface area contributed by atoms with Gasteiger partial charge in [0.15, 0.2) is 0 Å². The van der Waals surface area contributed by atoms with Crippen LogP contribution in [0.2, 0.25) is 0 Å². The summed E-state index contributed by atoms with van der Waals surface area (Å²) in [6, 6.07) is 0. The van der Waals surface area contributed by atoms with E-state index in [0.717, 1.165) is 25.7 Å². The van der Waals surface area contributed by atoms with Crippen LogP contribution in [0.25, 0.3) is 0 Å². The first kappa shape index (κ1) is 27.3. The van der Waals surface area contributed by atoms with E-state index in [2.05, 4.69) is 26.1 Å². The van der Waals surface area contributed by atoms with E-state index in [1.165, 1.54) is 89.9 Å². The zero-order valence-electron chi connectivity index (χ0n) is 19.8. The smallest absolute Gasteiger partial charge is 0.407 e. The molecule has 0 aliphatic rings. The fourth-order valence-corrected chi connectivity index (χ4v) is 4.27. The van der Waals surface area contributed by atoms with Crippen LogP contribution in [0, 0.1) is 0 Å². The van der Waals surface area contributed by atoms with Gasteiger partial charge in [-0.1, -0.05) is 117 Å². The molecule has 0 fully saturated rings. The summed E-state index contributed by atoms with van der Waals surface area (Å²) in [6.07, 6.45) is 22.6. The number of carbonyl (C=O) groups is 1. The van der Waals surface area contributed by atoms with E-state index in [9.17, 15) is 4.79 Å². The largest absolute Gasteiger partial charge is 0.450 e. The molecule has 0 aromatic carbocycles. The van der Waals surface area contributed by atoms with Gasteiger partial charge in [-0.05, 0) is 26.2 Å². The molecule has 3 heteroatoms. The van der Waals surface area contributed by atoms with E-state index in [0.29, 0.717) is 6.61 Å². The zero-order valence-corrected chi connectivity index (χ0v) is 19.8. The van der Waals surface area contributed by atoms with Gasteiger partial charge in [0.25, 0.3) is 0 Å². The first-order valence-electron chi connectivity index (χ1n) is 12.6. The van der Waals surface area contributed by atoms with Crippen LogP contribution >= 0.6 is 0 Å². The van der Waals surface area contributed by atoms with Crippen LogP contribution in [-0.4, -0.2) is 18.2 Å². The number of amides is 1. The first-order valence-corrected chi connectivity index (χ1v) is 12.6. The Bertz CT molecular complexity index is 345. The van der Waals surface area contributed by atoms with Crippen LogP contribution < -0.4 is 5.32 Å². The van der Waals surface area contributed by atoms with Crippen molar-refractivity contribution in [1.29, 1.82) is 0 Å². The van der Waals surface area contributed by atoms with Gasteiger partial charge in [-0.3, -0.25) is 0 Å². The molecule has 3 nitrogen and oxygen atoms in total. The van der Waals surface area contributed by atoms with Gasteiger partial charge in [0.1, 0.15) is 0 Å². The van der Waals surface area contributed by atoms with Gasteiger partial charge in [-0.2, -0.15) is 0 Å². The lowest BCUT2D eigenvalue weighted by atomic mass is 9.82. The summed E-state index contributed by atoms with van der Waals surface area (Å²) in [4.78, 5) is 12.2. The lowest BCUT2D eigenvalue weighted by Gasteiger charge is -2.35. The SMILES string of the molecule is CCCCCCCCCCC(CCC)(CCCCCCCC)NC(=O)OCC. The van der Waals surface area contributed by atoms with Crippen LogP contribution in [-0.2, 0) is 4.74 Å². The van der Waals surface area contributed by atoms with Crippen LogP contribution in [0.4, 0.5) is 4.79 Å². The standard InChI is InChI=1S/C25H51NO2/c1-5-9-11-13-15-16-18-20-23-25(21-7-3,26-24(27)28-8-4)22-19-17-14-12-10-6-2/h5-23H2,1-4H3,(H,26,27). The number of hydrogen-bond acceptors (Lipinski definition) is 2. The number of rotatable bonds is 20. The Hall–Kier alpha value is -0.730. The molecule has 0 spiro atoms. The Morgan fingerprint density at radius 3 is 1.43 bits per heavy atom. The molecule has 1 unspecified atom stereocenters. The van der Waals surface area contributed by atoms with Crippen molar-refractivity contribution in [3.63, 3.8) is 0 Å². The van der Waals surface area contributed by atoms with Crippen molar-refractivity contribution in [2.24, 2.45) is 0 Å². The van der Waals surface area contributed by atoms with Crippen molar-refractivity contribution in [3.8, 4) is 0 Å². The lowest BCUT2D eigenvalue weighted by Crippen LogP contribution is -2.48. The minimum Gasteiger partial charge on any atom is -0.450 e. The van der Waals surface area contributed by atoms with Gasteiger partial charge < -0.3 is 10.1 Å². The van der Waals surface area contributed by atoms with Gasteiger partial charge >= 0.3 is 6.09 Å². The third-order valence-corrected chi connectivity index (χ3v) is 5.89. The van der Waals surface area contributed by atoms with Crippen LogP contribution in [0.3, 0.4) is 0 Å². The number of hydrogen-bond donors (Lipinski definition) is 1. The number of alkyl carbamates (subject to hydrolysis) is 1. The maximum Gasteiger partial charge on any atom is 0.407 e. The Labute approximate surface area is 176 Å². The van der Waals surface area contributed by atoms with E-state index >= 15 is 0 Å². The average Bonchev–Trinajstić information content (AvgIpc) is 2.67. The molecule has 0 rings (SSSR count). The van der Waals surface area contributed by atoms with Crippen LogP contribution in [0.5, 0.6) is 0 Å². The van der Waals surface area contributed by atoms with Crippen molar-refractivity contribution in [2.75, 3.05) is 6.61 Å². The molecular formula is C25H51NO2. The van der Waals surface area contributed by atoms with E-state index in [4.69, 9.17) is 4.74 Å². The monoisotopic (exact) mass is 397 g/mol. The molecular weight excluding hydrogens is 346 g/mol. The molecule has 0 aromatic heterocycles. The Morgan fingerprint density at radius 1 is 0.607 bits per heavy atom. The summed E-state index contributed by atoms with van der Waals surface area (Å²) in [5.41, 5.74) is -0.0615. The highest BCUT2D eigenvalue weighted by molar-refractivity contribution is 5.68. The maximum atomic E-state index is 12.2. The quantitative estimate of drug-likeness (QED) is 0.209. The summed E-state index contributed by atoms with van der Waals surface area (Å²) < 4.78 is 5.24. The fourth-order valence-electron chi connectivity index (χ4n) is 4.27. The molecule has 1 N–H and O–H groups in total. The van der Waals surface area contributed by atoms with Gasteiger partial charge in [0.05, 0.1) is 6.61 Å². The number of nitrogens with one attached hydrogen (secondary N) is 1. The third kappa shape index (κ3) is 15.2. The molecule has 0 bridgehead atoms. The molecule has 1 amide bonds. The third-order valence-electron chi connectivity index (χ3n) is 5.89. The molecule has 0 saturated heterocycles. The van der Waals surface area contributed by atoms with Crippen molar-refractivity contribution >= 4 is 6.09 Å². The maximum absolute atomic E-state index is 12.2. The average molecular weight is 398 g/mol. The fraction of sp³-hybridized carbons (Fsp3) is 0.960. The topological polar surface area (TPSA) is 38.3 Å². The van der Waals surface area contributed by atoms with Crippen LogP contribution in [0.1, 0.15) is 143 Å². The molecule has 0 aliphatic heterocycles. The van der Waals surface area contributed by atoms with Crippen molar-refractivity contribution in [2.45, 2.75) is 149 Å². The zero-order chi connectivity index (χ0) is 20.9. The summed E-state index contributed by atoms with van der Waals surface area (Å²) in [6.45, 7) is 9.10. The van der Waals surface area contributed by atoms with E-state index in [1.54, 1.807) is 0 Å². The molecule has 0 radical (unpaired) electrons. The summed E-state index contributed by atoms with van der Waals surface area (Å²) >= 11 is 0. The Kier molecular flexibility index (Phi) is 19.1. The van der Waals surface area contributed by atoms with E-state index in [1.807, 2.05) is 6.92 Å². The normalized spacial score (nSPS) is 13.3. The highest BCUT2D eigenvalue weighted by Crippen LogP contribution is 2.28. The number of unbranched alkanes of at least 4 members (excludes halogenated alkanes) is 12. The highest BCUT2D eigenvalue weighted by Gasteiger charge is 2.30. The van der Waals surface area contributed by atoms with Gasteiger partial charge in [0.2, 0.25) is 0 Å². The summed E-state index contributed by atoms with van der Waals surface area (Å²) in [5.74, 6) is 0. The van der Waals surface area contributed by atoms with Crippen molar-refractivity contribution in [1.82, 2.24) is 5.32 Å². The Morgan fingerprint density at radius 2 is 1.04 bits per heavy atom. The van der Waals surface area contributed by atoms with E-state index in [-0.39, 0.29) is 11.6 Å². The van der Waals surface area contributed by atoms with Gasteiger partial charge in [0, 0.05) is 5.54 Å². The second-order valence-corrected chi connectivity index (χ2v) is 8.62. The lowest BCUT2D eigenvalue weighted by molar-refractivity contribution is 0.129.